The van der Waals surface area contributed by atoms with Gasteiger partial charge >= 0.3 is 5.97 Å². The Balaban J connectivity index is 1.85. The molecular weight excluding hydrogens is 458 g/mol. The van der Waals surface area contributed by atoms with Crippen molar-refractivity contribution in [3.63, 3.8) is 0 Å². The summed E-state index contributed by atoms with van der Waals surface area (Å²) in [5.74, 6) is 7.38. The Kier molecular flexibility index (Phi) is 7.20. The zero-order valence-electron chi connectivity index (χ0n) is 21.0. The molecule has 0 saturated carbocycles. The first kappa shape index (κ1) is 25.1. The molecule has 0 aliphatic carbocycles. The highest BCUT2D eigenvalue weighted by molar-refractivity contribution is 6.15. The van der Waals surface area contributed by atoms with Crippen LogP contribution in [0.25, 0.3) is 5.69 Å². The Morgan fingerprint density at radius 3 is 2.58 bits per heavy atom. The summed E-state index contributed by atoms with van der Waals surface area (Å²) < 4.78 is 13.0. The maximum Gasteiger partial charge on any atom is 0.308 e. The van der Waals surface area contributed by atoms with Gasteiger partial charge in [0.15, 0.2) is 5.82 Å². The van der Waals surface area contributed by atoms with Crippen LogP contribution in [0.4, 0.5) is 0 Å². The van der Waals surface area contributed by atoms with E-state index in [2.05, 4.69) is 22.0 Å². The largest absolute Gasteiger partial charge is 0.497 e. The van der Waals surface area contributed by atoms with Gasteiger partial charge in [-0.2, -0.15) is 5.48 Å². The molecule has 9 nitrogen and oxygen atoms in total. The Bertz CT molecular complexity index is 1360. The molecule has 4 rings (SSSR count). The molecule has 0 unspecified atom stereocenters. The minimum Gasteiger partial charge on any atom is -0.497 e. The fraction of sp³-hybridized carbons (Fsp3) is 0.333. The molecule has 1 aliphatic heterocycles. The van der Waals surface area contributed by atoms with Gasteiger partial charge in [-0.05, 0) is 58.0 Å². The highest BCUT2D eigenvalue weighted by atomic mass is 16.6. The average molecular weight is 488 g/mol. The molecule has 2 heterocycles. The Labute approximate surface area is 210 Å². The first-order valence-corrected chi connectivity index (χ1v) is 11.6. The SMILES string of the molecule is COc1ccc2c(c1)C(c1ccc(C#CCNO)cc1)=N[C@@H](CC(=O)OC(C)(C)C)c1nnc(C)n1-2. The van der Waals surface area contributed by atoms with Crippen LogP contribution >= 0.6 is 0 Å². The van der Waals surface area contributed by atoms with Crippen LogP contribution in [0, 0.1) is 18.8 Å². The first-order valence-electron chi connectivity index (χ1n) is 11.6. The number of hydroxylamine groups is 1. The molecule has 1 atom stereocenters. The number of aliphatic imine (C=N–C) groups is 1. The van der Waals surface area contributed by atoms with E-state index in [1.54, 1.807) is 7.11 Å². The Morgan fingerprint density at radius 2 is 1.92 bits per heavy atom. The lowest BCUT2D eigenvalue weighted by atomic mass is 9.99. The summed E-state index contributed by atoms with van der Waals surface area (Å²) in [6.07, 6.45) is 0.0156. The number of hydrogen-bond donors (Lipinski definition) is 2. The molecule has 9 heteroatoms. The number of fused-ring (bicyclic) bond motifs is 3. The summed E-state index contributed by atoms with van der Waals surface area (Å²) in [5, 5.41) is 17.4. The summed E-state index contributed by atoms with van der Waals surface area (Å²) in [7, 11) is 1.62. The molecule has 0 bridgehead atoms. The minimum atomic E-state index is -0.614. The second kappa shape index (κ2) is 10.3. The second-order valence-corrected chi connectivity index (χ2v) is 9.32. The van der Waals surface area contributed by atoms with Crippen LogP contribution in [0.3, 0.4) is 0 Å². The lowest BCUT2D eigenvalue weighted by Gasteiger charge is -2.20. The molecular formula is C27H29N5O4. The fourth-order valence-corrected chi connectivity index (χ4v) is 4.01. The number of nitrogens with one attached hydrogen (secondary N) is 1. The maximum absolute atomic E-state index is 12.8. The standard InChI is InChI=1S/C27H29N5O4/c1-17-30-31-26-22(16-24(33)36-27(2,3)4)29-25(19-10-8-18(9-11-19)7-6-14-28-34)21-15-20(35-5)12-13-23(21)32(17)26/h8-13,15,22,28,34H,14,16H2,1-5H3/t22-/m0/s1. The third-order valence-corrected chi connectivity index (χ3v) is 5.47. The summed E-state index contributed by atoms with van der Waals surface area (Å²) in [6, 6.07) is 12.8. The zero-order valence-corrected chi connectivity index (χ0v) is 21.0. The number of hydrogen-bond acceptors (Lipinski definition) is 8. The number of carbonyl (C=O) groups excluding carboxylic acids is 1. The Morgan fingerprint density at radius 1 is 1.17 bits per heavy atom. The van der Waals surface area contributed by atoms with Gasteiger partial charge in [-0.25, -0.2) is 0 Å². The van der Waals surface area contributed by atoms with Crippen molar-refractivity contribution in [2.75, 3.05) is 13.7 Å². The van der Waals surface area contributed by atoms with E-state index in [9.17, 15) is 4.79 Å². The normalized spacial score (nSPS) is 14.5. The summed E-state index contributed by atoms with van der Waals surface area (Å²) >= 11 is 0. The van der Waals surface area contributed by atoms with Crippen LogP contribution < -0.4 is 10.2 Å². The molecule has 186 valence electrons. The van der Waals surface area contributed by atoms with Crippen LogP contribution in [0.1, 0.15) is 61.6 Å². The van der Waals surface area contributed by atoms with Crippen LogP contribution in [0.2, 0.25) is 0 Å². The van der Waals surface area contributed by atoms with E-state index in [1.165, 1.54) is 0 Å². The third-order valence-electron chi connectivity index (χ3n) is 5.47. The molecule has 0 spiro atoms. The number of esters is 1. The zero-order chi connectivity index (χ0) is 25.9. The van der Waals surface area contributed by atoms with E-state index in [4.69, 9.17) is 19.7 Å². The number of methoxy groups -OCH3 is 1. The summed E-state index contributed by atoms with van der Waals surface area (Å²) in [4.78, 5) is 17.9. The predicted molar refractivity (Wildman–Crippen MR) is 135 cm³/mol. The van der Waals surface area contributed by atoms with E-state index in [0.29, 0.717) is 23.1 Å². The molecule has 1 aliphatic rings. The van der Waals surface area contributed by atoms with Gasteiger partial charge in [-0.15, -0.1) is 10.2 Å². The van der Waals surface area contributed by atoms with Gasteiger partial charge in [0.25, 0.3) is 0 Å². The Hall–Kier alpha value is -4.00. The van der Waals surface area contributed by atoms with Crippen molar-refractivity contribution in [2.45, 2.75) is 45.8 Å². The number of carbonyl (C=O) groups is 1. The molecule has 0 fully saturated rings. The van der Waals surface area contributed by atoms with E-state index < -0.39 is 11.6 Å². The quantitative estimate of drug-likeness (QED) is 0.322. The van der Waals surface area contributed by atoms with E-state index >= 15 is 0 Å². The van der Waals surface area contributed by atoms with Gasteiger partial charge in [-0.1, -0.05) is 24.0 Å². The molecule has 1 aromatic heterocycles. The fourth-order valence-electron chi connectivity index (χ4n) is 4.01. The maximum atomic E-state index is 12.8. The number of aromatic nitrogens is 3. The van der Waals surface area contributed by atoms with Gasteiger partial charge in [0.05, 0.1) is 31.5 Å². The highest BCUT2D eigenvalue weighted by Gasteiger charge is 2.31. The van der Waals surface area contributed by atoms with Crippen molar-refractivity contribution in [3.05, 3.63) is 70.8 Å². The molecule has 3 aromatic rings. The van der Waals surface area contributed by atoms with E-state index in [1.807, 2.05) is 80.2 Å². The van der Waals surface area contributed by atoms with Crippen LogP contribution in [-0.4, -0.2) is 50.9 Å². The molecule has 0 saturated heterocycles. The predicted octanol–water partition coefficient (Wildman–Crippen LogP) is 3.54. The summed E-state index contributed by atoms with van der Waals surface area (Å²) in [6.45, 7) is 7.55. The number of rotatable bonds is 5. The van der Waals surface area contributed by atoms with Crippen molar-refractivity contribution < 1.29 is 19.5 Å². The number of benzene rings is 2. The van der Waals surface area contributed by atoms with Crippen molar-refractivity contribution in [1.82, 2.24) is 20.2 Å². The molecule has 0 amide bonds. The van der Waals surface area contributed by atoms with Crippen LogP contribution in [-0.2, 0) is 9.53 Å². The van der Waals surface area contributed by atoms with E-state index in [-0.39, 0.29) is 18.9 Å². The summed E-state index contributed by atoms with van der Waals surface area (Å²) in [5.41, 5.74) is 5.42. The molecule has 36 heavy (non-hydrogen) atoms. The highest BCUT2D eigenvalue weighted by Crippen LogP contribution is 2.34. The van der Waals surface area contributed by atoms with Crippen molar-refractivity contribution >= 4 is 11.7 Å². The number of ether oxygens (including phenoxy) is 2. The van der Waals surface area contributed by atoms with Crippen molar-refractivity contribution in [2.24, 2.45) is 4.99 Å². The van der Waals surface area contributed by atoms with Gasteiger partial charge in [0, 0.05) is 16.7 Å². The topological polar surface area (TPSA) is 111 Å². The van der Waals surface area contributed by atoms with Crippen LogP contribution in [0.15, 0.2) is 47.5 Å². The molecule has 2 aromatic carbocycles. The van der Waals surface area contributed by atoms with Crippen LogP contribution in [0.5, 0.6) is 5.75 Å². The van der Waals surface area contributed by atoms with Crippen molar-refractivity contribution in [1.29, 1.82) is 0 Å². The molecule has 2 N–H and O–H groups in total. The van der Waals surface area contributed by atoms with Gasteiger partial charge in [-0.3, -0.25) is 14.4 Å². The van der Waals surface area contributed by atoms with Crippen molar-refractivity contribution in [3.8, 4) is 23.3 Å². The third kappa shape index (κ3) is 5.46. The average Bonchev–Trinajstić information content (AvgIpc) is 3.15. The number of nitrogens with zero attached hydrogens (tertiary/aromatic N) is 4. The smallest absolute Gasteiger partial charge is 0.308 e. The lowest BCUT2D eigenvalue weighted by Crippen LogP contribution is -2.25. The monoisotopic (exact) mass is 487 g/mol. The molecule has 0 radical (unpaired) electrons. The first-order chi connectivity index (χ1) is 17.2. The minimum absolute atomic E-state index is 0.0156. The number of aryl methyl sites for hydroxylation is 1. The second-order valence-electron chi connectivity index (χ2n) is 9.32. The van der Waals surface area contributed by atoms with Gasteiger partial charge in [0.2, 0.25) is 0 Å². The van der Waals surface area contributed by atoms with Gasteiger partial charge < -0.3 is 14.7 Å². The van der Waals surface area contributed by atoms with E-state index in [0.717, 1.165) is 22.4 Å². The lowest BCUT2D eigenvalue weighted by molar-refractivity contribution is -0.155. The van der Waals surface area contributed by atoms with Gasteiger partial charge in [0.1, 0.15) is 23.2 Å².